The van der Waals surface area contributed by atoms with Gasteiger partial charge in [-0.05, 0) is 0 Å². The number of fused-ring (bicyclic) bond motifs is 2. The first kappa shape index (κ1) is 15.1. The summed E-state index contributed by atoms with van der Waals surface area (Å²) in [6, 6.07) is 15.4. The average molecular weight is 498 g/mol. The molecule has 0 atom stereocenters. The van der Waals surface area contributed by atoms with Gasteiger partial charge in [0.2, 0.25) is 0 Å². The normalized spacial score (nSPS) is 16.3. The summed E-state index contributed by atoms with van der Waals surface area (Å²) in [6.07, 6.45) is 3.33. The van der Waals surface area contributed by atoms with Crippen molar-refractivity contribution in [2.45, 2.75) is 0 Å². The molecule has 0 radical (unpaired) electrons. The summed E-state index contributed by atoms with van der Waals surface area (Å²) in [7, 11) is 0. The first-order chi connectivity index (χ1) is 10.8. The second-order valence-electron chi connectivity index (χ2n) is 4.42. The van der Waals surface area contributed by atoms with Gasteiger partial charge < -0.3 is 0 Å². The van der Waals surface area contributed by atoms with Gasteiger partial charge in [0, 0.05) is 0 Å². The summed E-state index contributed by atoms with van der Waals surface area (Å²) >= 11 is 3.09. The summed E-state index contributed by atoms with van der Waals surface area (Å²) in [5.41, 5.74) is 4.46. The Bertz CT molecular complexity index is 749. The second kappa shape index (κ2) is 7.46. The van der Waals surface area contributed by atoms with E-state index in [9.17, 15) is 0 Å². The van der Waals surface area contributed by atoms with Crippen molar-refractivity contribution >= 4 is 29.8 Å². The summed E-state index contributed by atoms with van der Waals surface area (Å²) in [5.74, 6) is 1.55. The third-order valence-electron chi connectivity index (χ3n) is 2.95. The Morgan fingerprint density at radius 1 is 0.864 bits per heavy atom. The first-order valence-electron chi connectivity index (χ1n) is 6.64. The number of nitrogens with one attached hydrogen (secondary N) is 1. The van der Waals surface area contributed by atoms with Gasteiger partial charge in [-0.2, -0.15) is 0 Å². The van der Waals surface area contributed by atoms with E-state index in [1.165, 1.54) is 0 Å². The number of hydrogen-bond acceptors (Lipinski definition) is 4. The Kier molecular flexibility index (Phi) is 5.13. The Morgan fingerprint density at radius 2 is 1.45 bits per heavy atom. The van der Waals surface area contributed by atoms with Crippen LogP contribution in [0.5, 0.6) is 11.5 Å². The molecule has 0 amide bonds. The number of nitrogens with zero attached hydrogens (tertiary/aromatic N) is 2. The van der Waals surface area contributed by atoms with Crippen LogP contribution in [-0.2, 0) is 25.5 Å². The van der Waals surface area contributed by atoms with Gasteiger partial charge in [-0.3, -0.25) is 0 Å². The molecule has 1 aliphatic heterocycles. The maximum absolute atomic E-state index is 5.89. The van der Waals surface area contributed by atoms with Gasteiger partial charge in [-0.1, -0.05) is 0 Å². The number of aliphatic imine (C=N–C) groups is 1. The van der Waals surface area contributed by atoms with E-state index < -0.39 is 25.5 Å². The third kappa shape index (κ3) is 3.89. The molecule has 2 aromatic rings. The molecule has 3 rings (SSSR count). The minimum absolute atomic E-state index is 0.285. The van der Waals surface area contributed by atoms with Gasteiger partial charge in [0.1, 0.15) is 0 Å². The fourth-order valence-electron chi connectivity index (χ4n) is 1.91. The molecular weight excluding hydrogens is 487 g/mol. The zero-order valence-corrected chi connectivity index (χ0v) is 17.9. The molecule has 1 N–H and O–H groups in total. The fraction of sp³-hybridized carbons (Fsp3) is 0. The van der Waals surface area contributed by atoms with Crippen LogP contribution < -0.4 is 10.7 Å². The van der Waals surface area contributed by atoms with Crippen molar-refractivity contribution in [2.75, 3.05) is 0 Å². The van der Waals surface area contributed by atoms with Crippen molar-refractivity contribution in [1.29, 1.82) is 0 Å². The summed E-state index contributed by atoms with van der Waals surface area (Å²) in [4.78, 5) is 4.17. The molecule has 22 heavy (non-hydrogen) atoms. The molecule has 1 aliphatic rings. The molecule has 7 heteroatoms. The molecule has 2 aromatic carbocycles. The van der Waals surface area contributed by atoms with E-state index in [0.29, 0.717) is 0 Å². The Labute approximate surface area is 146 Å². The zero-order valence-electron chi connectivity index (χ0n) is 11.6. The molecule has 0 aliphatic carbocycles. The molecule has 5 nitrogen and oxygen atoms in total. The number of hydrazone groups is 1. The van der Waals surface area contributed by atoms with E-state index in [0.717, 1.165) is 22.6 Å². The second-order valence-corrected chi connectivity index (χ2v) is 7.96. The van der Waals surface area contributed by atoms with Gasteiger partial charge in [0.15, 0.2) is 0 Å². The Balaban J connectivity index is 1.93. The van der Waals surface area contributed by atoms with Crippen LogP contribution in [0.3, 0.4) is 0 Å². The monoisotopic (exact) mass is 499 g/mol. The van der Waals surface area contributed by atoms with Crippen LogP contribution in [-0.4, -0.2) is 17.5 Å². The van der Waals surface area contributed by atoms with Crippen LogP contribution in [0.2, 0.25) is 0 Å². The minimum atomic E-state index is -2.02. The van der Waals surface area contributed by atoms with Gasteiger partial charge in [0.25, 0.3) is 0 Å². The van der Waals surface area contributed by atoms with E-state index in [-0.39, 0.29) is 5.11 Å². The molecule has 106 valence electrons. The van der Waals surface area contributed by atoms with Crippen molar-refractivity contribution in [2.24, 2.45) is 10.1 Å². The average Bonchev–Trinajstić information content (AvgIpc) is 2.56. The van der Waals surface area contributed by atoms with Crippen LogP contribution in [0, 0.1) is 0 Å². The predicted octanol–water partition coefficient (Wildman–Crippen LogP) is 2.70. The summed E-state index contributed by atoms with van der Waals surface area (Å²) in [6.45, 7) is 0. The summed E-state index contributed by atoms with van der Waals surface area (Å²) in [5, 5.41) is 4.37. The van der Waals surface area contributed by atoms with Gasteiger partial charge in [-0.15, -0.1) is 0 Å². The van der Waals surface area contributed by atoms with Crippen molar-refractivity contribution in [3.05, 3.63) is 59.7 Å². The van der Waals surface area contributed by atoms with E-state index in [1.54, 1.807) is 12.4 Å². The standard InChI is InChI=1S/C15H13N3O2S.Hg/c19-13-7-3-1-5-11(13)9-16-15(21)18-17-10-12-6-2-4-8-14(12)20;/h1-10,19-20H,(H,18,21);/q;+2/p-2/b16-9+,17-10+;. The first-order valence-corrected chi connectivity index (χ1v) is 11.5. The Morgan fingerprint density at radius 3 is 2.14 bits per heavy atom. The van der Waals surface area contributed by atoms with E-state index >= 15 is 0 Å². The van der Waals surface area contributed by atoms with Crippen molar-refractivity contribution in [3.63, 3.8) is 0 Å². The van der Waals surface area contributed by atoms with Crippen molar-refractivity contribution in [1.82, 2.24) is 5.43 Å². The van der Waals surface area contributed by atoms with Crippen LogP contribution in [0.4, 0.5) is 0 Å². The number of para-hydroxylation sites is 2. The molecule has 0 bridgehead atoms. The van der Waals surface area contributed by atoms with Crippen LogP contribution in [0.1, 0.15) is 11.1 Å². The van der Waals surface area contributed by atoms with E-state index in [1.807, 2.05) is 48.5 Å². The SMILES string of the molecule is S=C1/N=C/c2ccccc2[O][Hg][O]c2ccccc2/C=N/N1. The molecule has 0 fully saturated rings. The van der Waals surface area contributed by atoms with Crippen molar-refractivity contribution < 1.29 is 30.8 Å². The van der Waals surface area contributed by atoms with Gasteiger partial charge in [0.05, 0.1) is 0 Å². The van der Waals surface area contributed by atoms with Gasteiger partial charge in [-0.25, -0.2) is 0 Å². The van der Waals surface area contributed by atoms with Crippen LogP contribution in [0.15, 0.2) is 58.6 Å². The fourth-order valence-corrected chi connectivity index (χ4v) is 5.27. The molecule has 0 aromatic heterocycles. The zero-order chi connectivity index (χ0) is 15.2. The summed E-state index contributed by atoms with van der Waals surface area (Å²) < 4.78 is 11.8. The third-order valence-corrected chi connectivity index (χ3v) is 6.48. The topological polar surface area (TPSA) is 55.2 Å². The molecule has 0 saturated carbocycles. The van der Waals surface area contributed by atoms with Crippen molar-refractivity contribution in [3.8, 4) is 11.5 Å². The molecular formula is C15H11HgN3O2S. The van der Waals surface area contributed by atoms with Crippen LogP contribution in [0.25, 0.3) is 0 Å². The number of benzene rings is 2. The van der Waals surface area contributed by atoms with Crippen LogP contribution >= 0.6 is 12.2 Å². The number of hydrogen-bond donors (Lipinski definition) is 1. The number of rotatable bonds is 0. The van der Waals surface area contributed by atoms with E-state index in [2.05, 4.69) is 15.5 Å². The number of thiocarbonyl (C=S) groups is 1. The van der Waals surface area contributed by atoms with Gasteiger partial charge >= 0.3 is 147 Å². The Hall–Kier alpha value is -1.79. The quantitative estimate of drug-likeness (QED) is 0.449. The molecule has 0 unspecified atom stereocenters. The molecule has 1 heterocycles. The maximum atomic E-state index is 5.89. The molecule has 0 saturated heterocycles. The predicted molar refractivity (Wildman–Crippen MR) is 85.1 cm³/mol. The molecule has 0 spiro atoms. The van der Waals surface area contributed by atoms with E-state index in [4.69, 9.17) is 17.5 Å².